The Morgan fingerprint density at radius 3 is 1.60 bits per heavy atom. The Hall–Kier alpha value is -1.10. The van der Waals surface area contributed by atoms with Crippen LogP contribution in [-0.2, 0) is 9.59 Å². The van der Waals surface area contributed by atoms with E-state index in [1.807, 2.05) is 27.8 Å². The molecular weight excluding hydrogens is 268 g/mol. The third kappa shape index (κ3) is 6.37. The van der Waals surface area contributed by atoms with Crippen molar-refractivity contribution in [3.8, 4) is 0 Å². The Morgan fingerprint density at radius 2 is 1.35 bits per heavy atom. The van der Waals surface area contributed by atoms with Crippen molar-refractivity contribution in [2.45, 2.75) is 60.3 Å². The summed E-state index contributed by atoms with van der Waals surface area (Å²) in [5, 5.41) is 0. The van der Waals surface area contributed by atoms with Gasteiger partial charge in [0.1, 0.15) is 0 Å². The van der Waals surface area contributed by atoms with Crippen LogP contribution in [0, 0.1) is 0 Å². The van der Waals surface area contributed by atoms with Crippen LogP contribution in [0.1, 0.15) is 60.3 Å². The summed E-state index contributed by atoms with van der Waals surface area (Å²) in [6.07, 6.45) is 6.00. The highest BCUT2D eigenvalue weighted by Gasteiger charge is 2.30. The number of carbonyl (C=O) groups excluding carboxylic acids is 2. The van der Waals surface area contributed by atoms with Crippen LogP contribution >= 0.6 is 0 Å². The maximum Gasteiger partial charge on any atom is 0.332 e. The Bertz CT molecular complexity index is 306. The van der Waals surface area contributed by atoms with Crippen LogP contribution < -0.4 is 0 Å². The summed E-state index contributed by atoms with van der Waals surface area (Å²) >= 11 is 0. The highest BCUT2D eigenvalue weighted by Crippen LogP contribution is 2.09. The summed E-state index contributed by atoms with van der Waals surface area (Å²) in [7, 11) is -1.43. The Morgan fingerprint density at radius 1 is 0.950 bits per heavy atom. The van der Waals surface area contributed by atoms with Gasteiger partial charge in [-0.25, -0.2) is 0 Å². The second-order valence-electron chi connectivity index (χ2n) is 4.91. The first kappa shape index (κ1) is 18.9. The van der Waals surface area contributed by atoms with Gasteiger partial charge in [-0.05, 0) is 19.8 Å². The lowest BCUT2D eigenvalue weighted by atomic mass is 10.3. The van der Waals surface area contributed by atoms with E-state index in [-0.39, 0.29) is 11.8 Å². The van der Waals surface area contributed by atoms with Gasteiger partial charge in [0.15, 0.2) is 0 Å². The average Bonchev–Trinajstić information content (AvgIpc) is 2.38. The summed E-state index contributed by atoms with van der Waals surface area (Å²) in [5.74, 6) is 0.126. The number of allylic oxidation sites excluding steroid dienone is 1. The molecule has 4 nitrogen and oxygen atoms in total. The second kappa shape index (κ2) is 10.7. The molecule has 0 heterocycles. The molecule has 2 amide bonds. The normalized spacial score (nSPS) is 11.1. The van der Waals surface area contributed by atoms with Gasteiger partial charge in [-0.15, -0.1) is 0 Å². The van der Waals surface area contributed by atoms with E-state index in [2.05, 4.69) is 13.8 Å². The monoisotopic (exact) mass is 297 g/mol. The number of hydrogen-bond acceptors (Lipinski definition) is 2. The maximum absolute atomic E-state index is 11.9. The Balaban J connectivity index is 5.19. The van der Waals surface area contributed by atoms with E-state index in [9.17, 15) is 9.59 Å². The lowest BCUT2D eigenvalue weighted by Gasteiger charge is -2.35. The molecule has 0 fully saturated rings. The summed E-state index contributed by atoms with van der Waals surface area (Å²) in [5.41, 5.74) is 2.04. The summed E-state index contributed by atoms with van der Waals surface area (Å²) in [6.45, 7) is 10.8. The predicted octanol–water partition coefficient (Wildman–Crippen LogP) is 2.89. The SMILES string of the molecule is CC=C[Si](N(CCCC)C(C)=O)N(CCCC)C(C)=O. The molecule has 115 valence electrons. The van der Waals surface area contributed by atoms with E-state index in [4.69, 9.17) is 0 Å². The van der Waals surface area contributed by atoms with E-state index in [0.29, 0.717) is 0 Å². The molecular formula is C15H29N2O2Si. The van der Waals surface area contributed by atoms with Crippen molar-refractivity contribution in [2.24, 2.45) is 0 Å². The van der Waals surface area contributed by atoms with Crippen molar-refractivity contribution in [3.05, 3.63) is 11.8 Å². The molecule has 0 aromatic rings. The quantitative estimate of drug-likeness (QED) is 0.614. The van der Waals surface area contributed by atoms with Crippen LogP contribution in [-0.4, -0.2) is 43.2 Å². The molecule has 0 N–H and O–H groups in total. The number of hydrogen-bond donors (Lipinski definition) is 0. The Kier molecular flexibility index (Phi) is 10.1. The van der Waals surface area contributed by atoms with Crippen molar-refractivity contribution >= 4 is 20.9 Å². The van der Waals surface area contributed by atoms with Crippen LogP contribution in [0.2, 0.25) is 0 Å². The van der Waals surface area contributed by atoms with Gasteiger partial charge in [0, 0.05) is 26.9 Å². The molecule has 0 aliphatic rings. The highest BCUT2D eigenvalue weighted by molar-refractivity contribution is 6.63. The molecule has 0 saturated carbocycles. The minimum absolute atomic E-state index is 0.0631. The summed E-state index contributed by atoms with van der Waals surface area (Å²) in [6, 6.07) is 0. The molecule has 0 aromatic carbocycles. The molecule has 1 radical (unpaired) electrons. The standard InChI is InChI=1S/C15H29N2O2Si/c1-6-9-11-16(14(4)18)20(13-8-3)17(15(5)19)12-10-7-2/h8,13H,6-7,9-12H2,1-5H3. The van der Waals surface area contributed by atoms with Crippen LogP contribution in [0.25, 0.3) is 0 Å². The summed E-state index contributed by atoms with van der Waals surface area (Å²) < 4.78 is 3.79. The first-order valence-electron chi connectivity index (χ1n) is 7.55. The fourth-order valence-electron chi connectivity index (χ4n) is 1.97. The molecule has 5 heteroatoms. The molecule has 0 aliphatic carbocycles. The average molecular weight is 297 g/mol. The van der Waals surface area contributed by atoms with Crippen LogP contribution in [0.5, 0.6) is 0 Å². The fraction of sp³-hybridized carbons (Fsp3) is 0.733. The van der Waals surface area contributed by atoms with Gasteiger partial charge >= 0.3 is 9.12 Å². The molecule has 0 aliphatic heterocycles. The molecule has 20 heavy (non-hydrogen) atoms. The van der Waals surface area contributed by atoms with Gasteiger partial charge < -0.3 is 9.13 Å². The van der Waals surface area contributed by atoms with E-state index >= 15 is 0 Å². The zero-order chi connectivity index (χ0) is 15.5. The molecule has 0 unspecified atom stereocenters. The van der Waals surface area contributed by atoms with Crippen molar-refractivity contribution in [1.82, 2.24) is 9.13 Å². The number of nitrogens with zero attached hydrogens (tertiary/aromatic N) is 2. The minimum Gasteiger partial charge on any atom is -0.348 e. The second-order valence-corrected chi connectivity index (χ2v) is 7.04. The molecule has 0 aromatic heterocycles. The van der Waals surface area contributed by atoms with E-state index in [1.165, 1.54) is 0 Å². The van der Waals surface area contributed by atoms with Gasteiger partial charge in [-0.2, -0.15) is 0 Å². The first-order chi connectivity index (χ1) is 9.49. The molecule has 0 saturated heterocycles. The lowest BCUT2D eigenvalue weighted by Crippen LogP contribution is -2.56. The predicted molar refractivity (Wildman–Crippen MR) is 85.2 cm³/mol. The van der Waals surface area contributed by atoms with Gasteiger partial charge in [0.2, 0.25) is 11.8 Å². The van der Waals surface area contributed by atoms with E-state index in [0.717, 1.165) is 38.8 Å². The third-order valence-corrected chi connectivity index (χ3v) is 5.91. The fourth-order valence-corrected chi connectivity index (χ4v) is 4.34. The lowest BCUT2D eigenvalue weighted by molar-refractivity contribution is -0.126. The van der Waals surface area contributed by atoms with Crippen LogP contribution in [0.4, 0.5) is 0 Å². The number of amides is 2. The minimum atomic E-state index is -1.43. The number of carbonyl (C=O) groups is 2. The van der Waals surface area contributed by atoms with Crippen molar-refractivity contribution in [3.63, 3.8) is 0 Å². The maximum atomic E-state index is 11.9. The van der Waals surface area contributed by atoms with E-state index < -0.39 is 9.12 Å². The van der Waals surface area contributed by atoms with Crippen LogP contribution in [0.3, 0.4) is 0 Å². The van der Waals surface area contributed by atoms with Crippen molar-refractivity contribution < 1.29 is 9.59 Å². The number of unbranched alkanes of at least 4 members (excludes halogenated alkanes) is 2. The molecule has 0 rings (SSSR count). The topological polar surface area (TPSA) is 40.6 Å². The van der Waals surface area contributed by atoms with Crippen LogP contribution in [0.15, 0.2) is 11.8 Å². The third-order valence-electron chi connectivity index (χ3n) is 3.10. The first-order valence-corrected chi connectivity index (χ1v) is 9.02. The zero-order valence-corrected chi connectivity index (χ0v) is 14.6. The summed E-state index contributed by atoms with van der Waals surface area (Å²) in [4.78, 5) is 23.9. The number of rotatable bonds is 9. The molecule has 0 atom stereocenters. The largest absolute Gasteiger partial charge is 0.348 e. The van der Waals surface area contributed by atoms with Gasteiger partial charge in [-0.1, -0.05) is 38.5 Å². The highest BCUT2D eigenvalue weighted by atomic mass is 28.3. The Labute approximate surface area is 125 Å². The zero-order valence-electron chi connectivity index (χ0n) is 13.6. The smallest absolute Gasteiger partial charge is 0.332 e. The molecule has 0 bridgehead atoms. The van der Waals surface area contributed by atoms with Gasteiger partial charge in [0.25, 0.3) is 0 Å². The van der Waals surface area contributed by atoms with Gasteiger partial charge in [-0.3, -0.25) is 9.59 Å². The molecule has 0 spiro atoms. The van der Waals surface area contributed by atoms with E-state index in [1.54, 1.807) is 13.8 Å². The van der Waals surface area contributed by atoms with Gasteiger partial charge in [0.05, 0.1) is 0 Å². The van der Waals surface area contributed by atoms with Crippen molar-refractivity contribution in [1.29, 1.82) is 0 Å². The van der Waals surface area contributed by atoms with Crippen molar-refractivity contribution in [2.75, 3.05) is 13.1 Å².